The molecule has 0 atom stereocenters. The van der Waals surface area contributed by atoms with E-state index in [0.29, 0.717) is 24.1 Å². The average Bonchev–Trinajstić information content (AvgIpc) is 2.18. The number of nitrogens with zero attached hydrogens (tertiary/aromatic N) is 2. The zero-order valence-corrected chi connectivity index (χ0v) is 7.64. The molecule has 0 radical (unpaired) electrons. The van der Waals surface area contributed by atoms with Gasteiger partial charge < -0.3 is 0 Å². The van der Waals surface area contributed by atoms with E-state index < -0.39 is 0 Å². The van der Waals surface area contributed by atoms with Crippen LogP contribution in [0.1, 0.15) is 24.1 Å². The van der Waals surface area contributed by atoms with E-state index in [1.54, 1.807) is 0 Å². The molecule has 1 aromatic rings. The highest BCUT2D eigenvalue weighted by molar-refractivity contribution is 5.40. The maximum Gasteiger partial charge on any atom is 0.285 e. The second kappa shape index (κ2) is 3.25. The van der Waals surface area contributed by atoms with Crippen LogP contribution in [0.2, 0.25) is 0 Å². The lowest BCUT2D eigenvalue weighted by molar-refractivity contribution is -0.910. The van der Waals surface area contributed by atoms with Crippen molar-refractivity contribution in [1.82, 2.24) is 0 Å². The van der Waals surface area contributed by atoms with Crippen LogP contribution in [0.4, 0.5) is 5.69 Å². The van der Waals surface area contributed by atoms with Crippen molar-refractivity contribution in [1.29, 1.82) is 0 Å². The minimum Gasteiger partial charge on any atom is -0.285 e. The Kier molecular flexibility index (Phi) is 2.07. The molecule has 0 saturated heterocycles. The molecule has 5 heteroatoms. The highest BCUT2D eigenvalue weighted by Gasteiger charge is 2.28. The number of pyridine rings is 1. The van der Waals surface area contributed by atoms with E-state index in [0.717, 1.165) is 17.6 Å². The summed E-state index contributed by atoms with van der Waals surface area (Å²) in [5.74, 6) is 0. The van der Waals surface area contributed by atoms with Gasteiger partial charge in [0.1, 0.15) is 5.56 Å². The van der Waals surface area contributed by atoms with Crippen molar-refractivity contribution in [3.05, 3.63) is 33.6 Å². The second-order valence-electron chi connectivity index (χ2n) is 3.44. The molecule has 1 N–H and O–H groups in total. The monoisotopic (exact) mass is 195 g/mol. The van der Waals surface area contributed by atoms with Crippen LogP contribution in [0, 0.1) is 10.1 Å². The summed E-state index contributed by atoms with van der Waals surface area (Å²) in [5.41, 5.74) is 1.50. The van der Waals surface area contributed by atoms with Crippen molar-refractivity contribution in [2.75, 3.05) is 0 Å². The summed E-state index contributed by atoms with van der Waals surface area (Å²) in [5, 5.41) is 20.2. The first-order valence-electron chi connectivity index (χ1n) is 4.60. The van der Waals surface area contributed by atoms with Crippen LogP contribution in [0.25, 0.3) is 0 Å². The van der Waals surface area contributed by atoms with Crippen molar-refractivity contribution >= 4 is 5.69 Å². The zero-order valence-electron chi connectivity index (χ0n) is 7.64. The summed E-state index contributed by atoms with van der Waals surface area (Å²) in [6, 6.07) is 1.35. The number of fused-ring (bicyclic) bond motifs is 1. The van der Waals surface area contributed by atoms with E-state index in [1.807, 2.05) is 0 Å². The van der Waals surface area contributed by atoms with Gasteiger partial charge in [0.05, 0.1) is 11.0 Å². The highest BCUT2D eigenvalue weighted by atomic mass is 16.6. The molecule has 14 heavy (non-hydrogen) atoms. The standard InChI is InChI=1S/C9H11N2O3/c12-10-6-5-9(11(13)14)7-3-1-2-4-8(7)10/h5-6,12H,1-4H2/q+1. The molecule has 0 unspecified atom stereocenters. The van der Waals surface area contributed by atoms with Gasteiger partial charge in [-0.3, -0.25) is 15.3 Å². The van der Waals surface area contributed by atoms with Gasteiger partial charge in [-0.15, -0.1) is 0 Å². The minimum atomic E-state index is -0.385. The van der Waals surface area contributed by atoms with Gasteiger partial charge in [-0.1, -0.05) is 0 Å². The van der Waals surface area contributed by atoms with Crippen LogP contribution < -0.4 is 4.73 Å². The maximum atomic E-state index is 10.7. The second-order valence-corrected chi connectivity index (χ2v) is 3.44. The summed E-state index contributed by atoms with van der Waals surface area (Å²) in [6.45, 7) is 0. The lowest BCUT2D eigenvalue weighted by Gasteiger charge is -2.10. The van der Waals surface area contributed by atoms with E-state index in [1.165, 1.54) is 12.3 Å². The molecular formula is C9H11N2O3+. The Balaban J connectivity index is 2.59. The van der Waals surface area contributed by atoms with E-state index >= 15 is 0 Å². The Morgan fingerprint density at radius 2 is 2.14 bits per heavy atom. The van der Waals surface area contributed by atoms with Crippen LogP contribution in [0.15, 0.2) is 12.3 Å². The first-order chi connectivity index (χ1) is 6.70. The first kappa shape index (κ1) is 8.93. The molecule has 0 fully saturated rings. The van der Waals surface area contributed by atoms with E-state index in [9.17, 15) is 15.3 Å². The van der Waals surface area contributed by atoms with Crippen molar-refractivity contribution < 1.29 is 14.9 Å². The Morgan fingerprint density at radius 1 is 1.43 bits per heavy atom. The smallest absolute Gasteiger partial charge is 0.285 e. The van der Waals surface area contributed by atoms with Crippen LogP contribution >= 0.6 is 0 Å². The molecule has 74 valence electrons. The van der Waals surface area contributed by atoms with Crippen molar-refractivity contribution in [3.8, 4) is 0 Å². The number of rotatable bonds is 1. The third kappa shape index (κ3) is 1.30. The fourth-order valence-corrected chi connectivity index (χ4v) is 1.92. The van der Waals surface area contributed by atoms with Gasteiger partial charge in [-0.05, 0) is 19.3 Å². The van der Waals surface area contributed by atoms with Crippen LogP contribution in [0.3, 0.4) is 0 Å². The SMILES string of the molecule is O=[N+]([O-])c1cc[n+](O)c2c1CCCC2. The lowest BCUT2D eigenvalue weighted by atomic mass is 9.95. The van der Waals surface area contributed by atoms with E-state index in [4.69, 9.17) is 0 Å². The fraction of sp³-hybridized carbons (Fsp3) is 0.444. The van der Waals surface area contributed by atoms with Gasteiger partial charge in [0.25, 0.3) is 5.69 Å². The third-order valence-electron chi connectivity index (χ3n) is 2.59. The topological polar surface area (TPSA) is 67.2 Å². The summed E-state index contributed by atoms with van der Waals surface area (Å²) in [6.07, 6.45) is 4.68. The number of nitro groups is 1. The predicted molar refractivity (Wildman–Crippen MR) is 47.1 cm³/mol. The third-order valence-corrected chi connectivity index (χ3v) is 2.59. The average molecular weight is 195 g/mol. The molecule has 0 bridgehead atoms. The van der Waals surface area contributed by atoms with E-state index in [-0.39, 0.29) is 10.6 Å². The lowest BCUT2D eigenvalue weighted by Crippen LogP contribution is -2.37. The molecule has 0 spiro atoms. The van der Waals surface area contributed by atoms with Gasteiger partial charge >= 0.3 is 0 Å². The van der Waals surface area contributed by atoms with Gasteiger partial charge in [-0.2, -0.15) is 0 Å². The Labute approximate surface area is 80.7 Å². The Morgan fingerprint density at radius 3 is 2.86 bits per heavy atom. The van der Waals surface area contributed by atoms with Gasteiger partial charge in [-0.25, -0.2) is 0 Å². The Hall–Kier alpha value is -1.65. The molecular weight excluding hydrogens is 184 g/mol. The maximum absolute atomic E-state index is 10.7. The number of hydrogen-bond donors (Lipinski definition) is 1. The number of aromatic nitrogens is 1. The number of hydrogen-bond acceptors (Lipinski definition) is 3. The summed E-state index contributed by atoms with van der Waals surface area (Å²) >= 11 is 0. The van der Waals surface area contributed by atoms with Crippen LogP contribution in [0.5, 0.6) is 0 Å². The quantitative estimate of drug-likeness (QED) is 0.314. The van der Waals surface area contributed by atoms with Gasteiger partial charge in [0.15, 0.2) is 0 Å². The van der Waals surface area contributed by atoms with Crippen molar-refractivity contribution in [2.45, 2.75) is 25.7 Å². The largest absolute Gasteiger partial charge is 0.285 e. The zero-order chi connectivity index (χ0) is 10.1. The Bertz CT molecular complexity index is 390. The van der Waals surface area contributed by atoms with Crippen molar-refractivity contribution in [3.63, 3.8) is 0 Å². The molecule has 0 saturated carbocycles. The van der Waals surface area contributed by atoms with Crippen molar-refractivity contribution in [2.24, 2.45) is 0 Å². The fourth-order valence-electron chi connectivity index (χ4n) is 1.92. The molecule has 0 aromatic carbocycles. The minimum absolute atomic E-state index is 0.130. The van der Waals surface area contributed by atoms with Crippen LogP contribution in [-0.2, 0) is 12.8 Å². The molecule has 1 aliphatic carbocycles. The molecule has 1 heterocycles. The van der Waals surface area contributed by atoms with E-state index in [2.05, 4.69) is 0 Å². The summed E-state index contributed by atoms with van der Waals surface area (Å²) in [4.78, 5) is 10.3. The van der Waals surface area contributed by atoms with Crippen LogP contribution in [-0.4, -0.2) is 10.1 Å². The molecule has 5 nitrogen and oxygen atoms in total. The molecule has 0 amide bonds. The summed E-state index contributed by atoms with van der Waals surface area (Å²) in [7, 11) is 0. The normalized spacial score (nSPS) is 14.9. The summed E-state index contributed by atoms with van der Waals surface area (Å²) < 4.78 is 1.00. The predicted octanol–water partition coefficient (Wildman–Crippen LogP) is 0.998. The molecule has 2 rings (SSSR count). The highest BCUT2D eigenvalue weighted by Crippen LogP contribution is 2.26. The van der Waals surface area contributed by atoms with Gasteiger partial charge in [0, 0.05) is 11.2 Å². The molecule has 0 aliphatic heterocycles. The van der Waals surface area contributed by atoms with Gasteiger partial charge in [0.2, 0.25) is 11.9 Å². The molecule has 1 aliphatic rings. The molecule has 1 aromatic heterocycles. The first-order valence-corrected chi connectivity index (χ1v) is 4.60.